The van der Waals surface area contributed by atoms with Crippen molar-refractivity contribution in [2.24, 2.45) is 0 Å². The number of nitrogens with two attached hydrogens (primary N) is 1. The molecule has 1 aliphatic rings. The van der Waals surface area contributed by atoms with Gasteiger partial charge in [-0.3, -0.25) is 0 Å². The Morgan fingerprint density at radius 2 is 2.15 bits per heavy atom. The summed E-state index contributed by atoms with van der Waals surface area (Å²) in [6, 6.07) is 7.99. The van der Waals surface area contributed by atoms with Gasteiger partial charge in [0.2, 0.25) is 0 Å². The maximum Gasteiger partial charge on any atom is 0.145 e. The van der Waals surface area contributed by atoms with Crippen LogP contribution in [0.15, 0.2) is 36.7 Å². The number of aromatic nitrogens is 2. The highest BCUT2D eigenvalue weighted by Crippen LogP contribution is 2.34. The number of hydrogen-bond acceptors (Lipinski definition) is 6. The van der Waals surface area contributed by atoms with E-state index in [-0.39, 0.29) is 11.1 Å². The molecule has 1 fully saturated rings. The van der Waals surface area contributed by atoms with Gasteiger partial charge in [0.1, 0.15) is 41.0 Å². The molecule has 6 nitrogen and oxygen atoms in total. The molecule has 1 saturated heterocycles. The molecule has 0 aliphatic carbocycles. The molecule has 1 aliphatic heterocycles. The van der Waals surface area contributed by atoms with E-state index in [9.17, 15) is 4.39 Å². The van der Waals surface area contributed by atoms with Gasteiger partial charge in [0.25, 0.3) is 0 Å². The van der Waals surface area contributed by atoms with Crippen LogP contribution < -0.4 is 15.8 Å². The quantitative estimate of drug-likeness (QED) is 0.673. The summed E-state index contributed by atoms with van der Waals surface area (Å²) < 4.78 is 24.6. The van der Waals surface area contributed by atoms with Crippen molar-refractivity contribution >= 4 is 39.7 Å². The summed E-state index contributed by atoms with van der Waals surface area (Å²) in [5.74, 6) is 0.634. The lowest BCUT2D eigenvalue weighted by Gasteiger charge is -2.16. The van der Waals surface area contributed by atoms with E-state index in [2.05, 4.69) is 15.3 Å². The number of ether oxygens (including phenoxy) is 2. The molecule has 3 N–H and O–H groups in total. The maximum absolute atomic E-state index is 13.3. The first-order chi connectivity index (χ1) is 12.6. The second kappa shape index (κ2) is 6.93. The molecule has 134 valence electrons. The predicted molar refractivity (Wildman–Crippen MR) is 98.5 cm³/mol. The highest BCUT2D eigenvalue weighted by Gasteiger charge is 2.19. The zero-order valence-electron chi connectivity index (χ0n) is 13.7. The molecular weight excluding hydrogens is 359 g/mol. The Kier molecular flexibility index (Phi) is 4.48. The van der Waals surface area contributed by atoms with E-state index in [1.165, 1.54) is 18.5 Å². The number of nitrogens with one attached hydrogen (secondary N) is 1. The van der Waals surface area contributed by atoms with Crippen LogP contribution >= 0.6 is 11.6 Å². The van der Waals surface area contributed by atoms with E-state index in [0.29, 0.717) is 41.7 Å². The van der Waals surface area contributed by atoms with E-state index in [0.717, 1.165) is 11.8 Å². The van der Waals surface area contributed by atoms with E-state index in [4.69, 9.17) is 26.8 Å². The van der Waals surface area contributed by atoms with Crippen LogP contribution in [0.1, 0.15) is 6.42 Å². The van der Waals surface area contributed by atoms with Crippen molar-refractivity contribution in [3.05, 3.63) is 47.5 Å². The Bertz CT molecular complexity index is 963. The van der Waals surface area contributed by atoms with Crippen LogP contribution in [0.4, 0.5) is 21.6 Å². The van der Waals surface area contributed by atoms with E-state index in [1.807, 2.05) is 6.07 Å². The summed E-state index contributed by atoms with van der Waals surface area (Å²) in [6.45, 7) is 1.24. The second-order valence-electron chi connectivity index (χ2n) is 5.95. The molecule has 0 saturated carbocycles. The molecule has 8 heteroatoms. The lowest BCUT2D eigenvalue weighted by Crippen LogP contribution is -2.16. The minimum Gasteiger partial charge on any atom is -0.486 e. The van der Waals surface area contributed by atoms with Crippen LogP contribution in [0, 0.1) is 5.82 Å². The highest BCUT2D eigenvalue weighted by molar-refractivity contribution is 6.31. The summed E-state index contributed by atoms with van der Waals surface area (Å²) in [7, 11) is 0. The molecule has 1 aromatic heterocycles. The van der Waals surface area contributed by atoms with Gasteiger partial charge in [-0.1, -0.05) is 11.6 Å². The highest BCUT2D eigenvalue weighted by atomic mass is 35.5. The molecule has 3 aromatic rings. The van der Waals surface area contributed by atoms with Crippen LogP contribution in [-0.2, 0) is 4.74 Å². The second-order valence-corrected chi connectivity index (χ2v) is 6.36. The minimum absolute atomic E-state index is 0.00413. The molecule has 26 heavy (non-hydrogen) atoms. The van der Waals surface area contributed by atoms with Gasteiger partial charge in [0.15, 0.2) is 0 Å². The zero-order chi connectivity index (χ0) is 18.1. The van der Waals surface area contributed by atoms with Gasteiger partial charge in [0.05, 0.1) is 18.2 Å². The number of fused-ring (bicyclic) bond motifs is 1. The molecule has 1 atom stereocenters. The number of nitrogens with zero attached hydrogens (tertiary/aromatic N) is 2. The molecule has 0 spiro atoms. The molecule has 0 amide bonds. The summed E-state index contributed by atoms with van der Waals surface area (Å²) >= 11 is 5.83. The molecular formula is C18H16ClFN4O2. The van der Waals surface area contributed by atoms with Crippen molar-refractivity contribution in [2.45, 2.75) is 12.5 Å². The lowest BCUT2D eigenvalue weighted by molar-refractivity contribution is 0.142. The third-order valence-corrected chi connectivity index (χ3v) is 4.46. The Balaban J connectivity index is 1.67. The molecule has 2 aromatic carbocycles. The normalized spacial score (nSPS) is 16.8. The third-order valence-electron chi connectivity index (χ3n) is 4.17. The average molecular weight is 375 g/mol. The zero-order valence-corrected chi connectivity index (χ0v) is 14.5. The van der Waals surface area contributed by atoms with Gasteiger partial charge in [-0.05, 0) is 30.3 Å². The van der Waals surface area contributed by atoms with Gasteiger partial charge in [-0.15, -0.1) is 0 Å². The molecule has 0 bridgehead atoms. The van der Waals surface area contributed by atoms with Gasteiger partial charge >= 0.3 is 0 Å². The largest absolute Gasteiger partial charge is 0.486 e. The Labute approximate surface area is 154 Å². The fourth-order valence-corrected chi connectivity index (χ4v) is 3.01. The first-order valence-electron chi connectivity index (χ1n) is 8.11. The number of anilines is 3. The average Bonchev–Trinajstić information content (AvgIpc) is 3.14. The van der Waals surface area contributed by atoms with Crippen molar-refractivity contribution in [3.63, 3.8) is 0 Å². The summed E-state index contributed by atoms with van der Waals surface area (Å²) in [5.41, 5.74) is 7.88. The molecule has 4 rings (SSSR count). The number of nitrogen functional groups attached to an aromatic ring is 1. The Morgan fingerprint density at radius 3 is 2.92 bits per heavy atom. The maximum atomic E-state index is 13.3. The van der Waals surface area contributed by atoms with Gasteiger partial charge in [0, 0.05) is 17.5 Å². The fraction of sp³-hybridized carbons (Fsp3) is 0.222. The standard InChI is InChI=1S/C18H16ClFN4O2/c19-13-7-10(1-3-14(13)20)24-18-12-2-4-15(26-11-5-6-25-8-11)16(21)17(12)22-9-23-18/h1-4,7,9,11H,5-6,8,21H2,(H,22,23,24)/t11-/m0/s1. The van der Waals surface area contributed by atoms with Crippen molar-refractivity contribution in [1.82, 2.24) is 9.97 Å². The Hall–Kier alpha value is -2.64. The van der Waals surface area contributed by atoms with Crippen LogP contribution in [0.25, 0.3) is 10.9 Å². The summed E-state index contributed by atoms with van der Waals surface area (Å²) in [5, 5.41) is 3.87. The topological polar surface area (TPSA) is 82.3 Å². The first kappa shape index (κ1) is 16.8. The van der Waals surface area contributed by atoms with E-state index in [1.54, 1.807) is 12.1 Å². The summed E-state index contributed by atoms with van der Waals surface area (Å²) in [6.07, 6.45) is 2.24. The van der Waals surface area contributed by atoms with Gasteiger partial charge in [-0.2, -0.15) is 0 Å². The van der Waals surface area contributed by atoms with Crippen LogP contribution in [0.2, 0.25) is 5.02 Å². The smallest absolute Gasteiger partial charge is 0.145 e. The molecule has 0 unspecified atom stereocenters. The lowest BCUT2D eigenvalue weighted by atomic mass is 10.1. The van der Waals surface area contributed by atoms with E-state index < -0.39 is 5.82 Å². The third kappa shape index (κ3) is 3.23. The molecule has 2 heterocycles. The van der Waals surface area contributed by atoms with Crippen LogP contribution in [0.5, 0.6) is 5.75 Å². The SMILES string of the molecule is Nc1c(O[C@H]2CCOC2)ccc2c(Nc3ccc(F)c(Cl)c3)ncnc12. The molecule has 0 radical (unpaired) electrons. The van der Waals surface area contributed by atoms with Crippen molar-refractivity contribution in [1.29, 1.82) is 0 Å². The summed E-state index contributed by atoms with van der Waals surface area (Å²) in [4.78, 5) is 8.53. The van der Waals surface area contributed by atoms with Crippen LogP contribution in [0.3, 0.4) is 0 Å². The van der Waals surface area contributed by atoms with Crippen molar-refractivity contribution < 1.29 is 13.9 Å². The number of halogens is 2. The monoisotopic (exact) mass is 374 g/mol. The van der Waals surface area contributed by atoms with Crippen molar-refractivity contribution in [3.8, 4) is 5.75 Å². The van der Waals surface area contributed by atoms with Crippen molar-refractivity contribution in [2.75, 3.05) is 24.3 Å². The minimum atomic E-state index is -0.480. The fourth-order valence-electron chi connectivity index (χ4n) is 2.83. The van der Waals surface area contributed by atoms with Gasteiger partial charge < -0.3 is 20.5 Å². The number of rotatable bonds is 4. The number of benzene rings is 2. The van der Waals surface area contributed by atoms with Gasteiger partial charge in [-0.25, -0.2) is 14.4 Å². The first-order valence-corrected chi connectivity index (χ1v) is 8.49. The number of hydrogen-bond donors (Lipinski definition) is 2. The van der Waals surface area contributed by atoms with Crippen LogP contribution in [-0.4, -0.2) is 29.3 Å². The predicted octanol–water partition coefficient (Wildman–Crippen LogP) is 3.92. The Morgan fingerprint density at radius 1 is 1.27 bits per heavy atom. The van der Waals surface area contributed by atoms with E-state index >= 15 is 0 Å².